The van der Waals surface area contributed by atoms with E-state index in [0.717, 1.165) is 17.3 Å². The van der Waals surface area contributed by atoms with Crippen molar-refractivity contribution in [1.82, 2.24) is 19.4 Å². The summed E-state index contributed by atoms with van der Waals surface area (Å²) in [5.41, 5.74) is 13.7. The van der Waals surface area contributed by atoms with Crippen LogP contribution in [0.15, 0.2) is 36.9 Å². The highest BCUT2D eigenvalue weighted by molar-refractivity contribution is 6.30. The van der Waals surface area contributed by atoms with Gasteiger partial charge < -0.3 is 15.9 Å². The average Bonchev–Trinajstić information content (AvgIpc) is 3.31. The van der Waals surface area contributed by atoms with Gasteiger partial charge in [-0.2, -0.15) is 0 Å². The van der Waals surface area contributed by atoms with Gasteiger partial charge >= 0.3 is 0 Å². The summed E-state index contributed by atoms with van der Waals surface area (Å²) in [4.78, 5) is 22.5. The molecule has 24 heavy (non-hydrogen) atoms. The predicted molar refractivity (Wildman–Crippen MR) is 91.9 cm³/mol. The number of fused-ring (bicyclic) bond motifs is 1. The normalized spacial score (nSPS) is 13.3. The van der Waals surface area contributed by atoms with Crippen LogP contribution in [0.3, 0.4) is 0 Å². The molecule has 0 unspecified atom stereocenters. The SMILES string of the molecule is NC(=O)Cc1cn2cc(C3CC3)ccc2n1.[B]c1cnc(N)cn1. The number of carbonyl (C=O) groups is 1. The van der Waals surface area contributed by atoms with Gasteiger partial charge in [0, 0.05) is 24.2 Å². The molecule has 3 aromatic heterocycles. The van der Waals surface area contributed by atoms with Gasteiger partial charge in [-0.25, -0.2) is 9.97 Å². The number of nitrogens with zero attached hydrogens (tertiary/aromatic N) is 4. The van der Waals surface area contributed by atoms with E-state index < -0.39 is 0 Å². The minimum atomic E-state index is -0.342. The third-order valence-electron chi connectivity index (χ3n) is 3.62. The number of nitrogen functional groups attached to an aromatic ring is 1. The van der Waals surface area contributed by atoms with Crippen LogP contribution in [-0.4, -0.2) is 33.1 Å². The Hall–Kier alpha value is -2.90. The molecule has 4 N–H and O–H groups in total. The van der Waals surface area contributed by atoms with Gasteiger partial charge in [-0.3, -0.25) is 9.78 Å². The number of amides is 1. The first-order valence-corrected chi connectivity index (χ1v) is 7.60. The molecule has 1 amide bonds. The molecule has 1 aliphatic rings. The molecule has 3 aromatic rings. The molecule has 0 aliphatic heterocycles. The smallest absolute Gasteiger partial charge is 0.223 e. The van der Waals surface area contributed by atoms with Gasteiger partial charge in [-0.05, 0) is 30.4 Å². The van der Waals surface area contributed by atoms with Gasteiger partial charge in [0.2, 0.25) is 5.91 Å². The zero-order valence-electron chi connectivity index (χ0n) is 13.1. The molecule has 1 saturated carbocycles. The topological polar surface area (TPSA) is 112 Å². The third-order valence-corrected chi connectivity index (χ3v) is 3.62. The number of imidazole rings is 1. The number of aromatic nitrogens is 4. The molecule has 4 rings (SSSR count). The molecular formula is C16H17BN6O. The van der Waals surface area contributed by atoms with E-state index in [4.69, 9.17) is 19.3 Å². The second-order valence-electron chi connectivity index (χ2n) is 5.74. The van der Waals surface area contributed by atoms with Crippen molar-refractivity contribution in [3.05, 3.63) is 48.2 Å². The van der Waals surface area contributed by atoms with Gasteiger partial charge in [-0.1, -0.05) is 6.07 Å². The first-order valence-electron chi connectivity index (χ1n) is 7.60. The molecule has 0 atom stereocenters. The van der Waals surface area contributed by atoms with E-state index in [1.54, 1.807) is 0 Å². The standard InChI is InChI=1S/C12H13N3O.C4H4BN3/c13-11(16)5-10-7-15-6-9(8-1-2-8)3-4-12(15)14-10;5-3-1-8-4(6)2-7-3/h3-4,6-8H,1-2,5H2,(H2,13,16);1-2H,(H2,6,8). The monoisotopic (exact) mass is 320 g/mol. The Labute approximate surface area is 140 Å². The van der Waals surface area contributed by atoms with Crippen LogP contribution in [0.4, 0.5) is 5.82 Å². The van der Waals surface area contributed by atoms with Crippen LogP contribution < -0.4 is 17.1 Å². The summed E-state index contributed by atoms with van der Waals surface area (Å²) in [6.07, 6.45) is 9.59. The van der Waals surface area contributed by atoms with E-state index in [-0.39, 0.29) is 12.3 Å². The molecule has 120 valence electrons. The molecule has 2 radical (unpaired) electrons. The van der Waals surface area contributed by atoms with Gasteiger partial charge in [0.25, 0.3) is 0 Å². The maximum absolute atomic E-state index is 10.8. The fourth-order valence-electron chi connectivity index (χ4n) is 2.33. The fourth-order valence-corrected chi connectivity index (χ4v) is 2.33. The Bertz CT molecular complexity index is 836. The van der Waals surface area contributed by atoms with Gasteiger partial charge in [0.05, 0.1) is 18.3 Å². The van der Waals surface area contributed by atoms with Crippen molar-refractivity contribution >= 4 is 30.8 Å². The molecule has 8 heteroatoms. The van der Waals surface area contributed by atoms with Crippen LogP contribution in [0.5, 0.6) is 0 Å². The molecule has 1 fully saturated rings. The molecule has 0 spiro atoms. The maximum Gasteiger partial charge on any atom is 0.223 e. The predicted octanol–water partition coefficient (Wildman–Crippen LogP) is 0.0921. The van der Waals surface area contributed by atoms with E-state index in [0.29, 0.717) is 11.4 Å². The highest BCUT2D eigenvalue weighted by Crippen LogP contribution is 2.39. The average molecular weight is 320 g/mol. The van der Waals surface area contributed by atoms with Crippen molar-refractivity contribution in [1.29, 1.82) is 0 Å². The lowest BCUT2D eigenvalue weighted by molar-refractivity contribution is -0.117. The Morgan fingerprint density at radius 3 is 2.62 bits per heavy atom. The lowest BCUT2D eigenvalue weighted by Crippen LogP contribution is -2.13. The van der Waals surface area contributed by atoms with Crippen LogP contribution >= 0.6 is 0 Å². The highest BCUT2D eigenvalue weighted by Gasteiger charge is 2.23. The lowest BCUT2D eigenvalue weighted by atomic mass is 10.1. The van der Waals surface area contributed by atoms with E-state index in [9.17, 15) is 4.79 Å². The number of rotatable bonds is 3. The Morgan fingerprint density at radius 2 is 2.04 bits per heavy atom. The Morgan fingerprint density at radius 1 is 1.25 bits per heavy atom. The number of hydrogen-bond donors (Lipinski definition) is 2. The van der Waals surface area contributed by atoms with Crippen LogP contribution in [0.2, 0.25) is 0 Å². The van der Waals surface area contributed by atoms with Crippen LogP contribution in [0.25, 0.3) is 5.65 Å². The van der Waals surface area contributed by atoms with E-state index in [1.807, 2.05) is 16.7 Å². The van der Waals surface area contributed by atoms with Crippen molar-refractivity contribution in [2.75, 3.05) is 5.73 Å². The third kappa shape index (κ3) is 4.10. The van der Waals surface area contributed by atoms with Crippen molar-refractivity contribution in [3.63, 3.8) is 0 Å². The summed E-state index contributed by atoms with van der Waals surface area (Å²) in [6.45, 7) is 0. The largest absolute Gasteiger partial charge is 0.382 e. The van der Waals surface area contributed by atoms with Gasteiger partial charge in [-0.15, -0.1) is 0 Å². The van der Waals surface area contributed by atoms with Crippen LogP contribution in [0.1, 0.15) is 30.0 Å². The van der Waals surface area contributed by atoms with Crippen molar-refractivity contribution in [2.24, 2.45) is 5.73 Å². The number of pyridine rings is 1. The van der Waals surface area contributed by atoms with Gasteiger partial charge in [0.15, 0.2) is 0 Å². The summed E-state index contributed by atoms with van der Waals surface area (Å²) >= 11 is 0. The summed E-state index contributed by atoms with van der Waals surface area (Å²) in [5, 5.41) is 0. The summed E-state index contributed by atoms with van der Waals surface area (Å²) in [5.74, 6) is 0.774. The van der Waals surface area contributed by atoms with E-state index >= 15 is 0 Å². The number of nitrogens with two attached hydrogens (primary N) is 2. The Balaban J connectivity index is 0.000000179. The molecule has 0 aromatic carbocycles. The van der Waals surface area contributed by atoms with Crippen molar-refractivity contribution in [3.8, 4) is 0 Å². The first kappa shape index (κ1) is 16.0. The second kappa shape index (κ2) is 6.70. The van der Waals surface area contributed by atoms with Crippen LogP contribution in [-0.2, 0) is 11.2 Å². The number of primary amides is 1. The molecule has 0 saturated heterocycles. The number of carbonyl (C=O) groups excluding carboxylic acids is 1. The molecular weight excluding hydrogens is 303 g/mol. The highest BCUT2D eigenvalue weighted by atomic mass is 16.1. The van der Waals surface area contributed by atoms with E-state index in [1.165, 1.54) is 30.8 Å². The van der Waals surface area contributed by atoms with Crippen molar-refractivity contribution in [2.45, 2.75) is 25.2 Å². The lowest BCUT2D eigenvalue weighted by Gasteiger charge is -1.98. The zero-order valence-corrected chi connectivity index (χ0v) is 13.1. The molecule has 7 nitrogen and oxygen atoms in total. The number of hydrogen-bond acceptors (Lipinski definition) is 5. The maximum atomic E-state index is 10.8. The summed E-state index contributed by atoms with van der Waals surface area (Å²) in [6, 6.07) is 4.12. The van der Waals surface area contributed by atoms with Crippen molar-refractivity contribution < 1.29 is 4.79 Å². The zero-order chi connectivity index (χ0) is 17.1. The summed E-state index contributed by atoms with van der Waals surface area (Å²) in [7, 11) is 5.20. The minimum Gasteiger partial charge on any atom is -0.382 e. The second-order valence-corrected chi connectivity index (χ2v) is 5.74. The molecule has 3 heterocycles. The quantitative estimate of drug-likeness (QED) is 0.664. The minimum absolute atomic E-state index is 0.209. The fraction of sp³-hybridized carbons (Fsp3) is 0.250. The van der Waals surface area contributed by atoms with E-state index in [2.05, 4.69) is 27.2 Å². The van der Waals surface area contributed by atoms with Crippen LogP contribution in [0, 0.1) is 0 Å². The van der Waals surface area contributed by atoms with Gasteiger partial charge in [0.1, 0.15) is 19.3 Å². The Kier molecular flexibility index (Phi) is 4.46. The molecule has 1 aliphatic carbocycles. The first-order chi connectivity index (χ1) is 11.5. The summed E-state index contributed by atoms with van der Waals surface area (Å²) < 4.78 is 1.98. The number of anilines is 1. The molecule has 0 bridgehead atoms.